The first-order chi connectivity index (χ1) is 33.7. The van der Waals surface area contributed by atoms with Crippen LogP contribution in [0, 0.1) is 20.2 Å². The number of nitrogens with zero attached hydrogens (tertiary/aromatic N) is 2. The van der Waals surface area contributed by atoms with Crippen molar-refractivity contribution in [2.45, 2.75) is 44.0 Å². The molecule has 22 heteroatoms. The molecule has 5 aromatic carbocycles. The van der Waals surface area contributed by atoms with Gasteiger partial charge in [0.2, 0.25) is 0 Å². The van der Waals surface area contributed by atoms with Crippen LogP contribution in [0.3, 0.4) is 0 Å². The number of carbonyl (C=O) groups excluding carboxylic acids is 4. The summed E-state index contributed by atoms with van der Waals surface area (Å²) in [6.07, 6.45) is -6.26. The Morgan fingerprint density at radius 3 is 1.30 bits per heavy atom. The summed E-state index contributed by atoms with van der Waals surface area (Å²) in [5, 5.41) is 23.4. The molecular formula is C49H40F6N2O14. The minimum Gasteiger partial charge on any atom is -0.494 e. The van der Waals surface area contributed by atoms with Crippen molar-refractivity contribution >= 4 is 47.4 Å². The molecule has 0 radical (unpaired) electrons. The van der Waals surface area contributed by atoms with Crippen LogP contribution in [0.25, 0.3) is 12.2 Å². The highest BCUT2D eigenvalue weighted by Crippen LogP contribution is 2.32. The molecule has 0 N–H and O–H groups in total. The van der Waals surface area contributed by atoms with E-state index < -0.39 is 89.4 Å². The fourth-order valence-electron chi connectivity index (χ4n) is 6.09. The molecule has 0 fully saturated rings. The monoisotopic (exact) mass is 994 g/mol. The Hall–Kier alpha value is -8.56. The van der Waals surface area contributed by atoms with E-state index in [1.807, 2.05) is 0 Å². The van der Waals surface area contributed by atoms with Crippen molar-refractivity contribution in [3.05, 3.63) is 175 Å². The number of halogens is 6. The number of hydrogen-bond donors (Lipinski definition) is 0. The van der Waals surface area contributed by atoms with Gasteiger partial charge in [0, 0.05) is 36.6 Å². The highest BCUT2D eigenvalue weighted by atomic mass is 19.4. The van der Waals surface area contributed by atoms with E-state index in [9.17, 15) is 65.7 Å². The van der Waals surface area contributed by atoms with Gasteiger partial charge in [-0.1, -0.05) is 24.3 Å². The second kappa shape index (κ2) is 25.2. The Kier molecular flexibility index (Phi) is 18.9. The summed E-state index contributed by atoms with van der Waals surface area (Å²) in [7, 11) is 0. The molecule has 0 atom stereocenters. The Labute approximate surface area is 399 Å². The van der Waals surface area contributed by atoms with Crippen molar-refractivity contribution in [2.24, 2.45) is 0 Å². The predicted molar refractivity (Wildman–Crippen MR) is 240 cm³/mol. The SMILES string of the molecule is O=C(/C=C/c1ccc(OC(=O)c2ccc(OCCCC(F)(F)F)cc2)cc1)OCC(COC(=O)/C=C/c1ccc(OC(=O)c2ccc(OCCCC(F)(F)F)cc2)cc1)c1ccc([N+](=O)[O-])cc1[N+](=O)[O-]. The van der Waals surface area contributed by atoms with Gasteiger partial charge >= 0.3 is 36.2 Å². The Balaban J connectivity index is 1.13. The van der Waals surface area contributed by atoms with E-state index in [1.54, 1.807) is 0 Å². The molecule has 0 bridgehead atoms. The summed E-state index contributed by atoms with van der Waals surface area (Å²) in [4.78, 5) is 72.5. The van der Waals surface area contributed by atoms with Crippen LogP contribution in [-0.2, 0) is 19.1 Å². The molecule has 71 heavy (non-hydrogen) atoms. The van der Waals surface area contributed by atoms with E-state index in [0.717, 1.165) is 24.3 Å². The molecule has 0 heterocycles. The highest BCUT2D eigenvalue weighted by molar-refractivity contribution is 5.92. The molecule has 0 saturated carbocycles. The lowest BCUT2D eigenvalue weighted by atomic mass is 9.98. The smallest absolute Gasteiger partial charge is 0.389 e. The van der Waals surface area contributed by atoms with Gasteiger partial charge in [-0.25, -0.2) is 19.2 Å². The van der Waals surface area contributed by atoms with E-state index in [-0.39, 0.29) is 65.7 Å². The van der Waals surface area contributed by atoms with Gasteiger partial charge in [-0.2, -0.15) is 26.3 Å². The zero-order valence-corrected chi connectivity index (χ0v) is 36.9. The summed E-state index contributed by atoms with van der Waals surface area (Å²) in [6, 6.07) is 25.7. The quantitative estimate of drug-likeness (QED) is 0.0113. The molecule has 0 aliphatic carbocycles. The molecule has 0 aliphatic heterocycles. The van der Waals surface area contributed by atoms with Gasteiger partial charge in [0.25, 0.3) is 11.4 Å². The lowest BCUT2D eigenvalue weighted by Gasteiger charge is -2.17. The van der Waals surface area contributed by atoms with Gasteiger partial charge < -0.3 is 28.4 Å². The maximum absolute atomic E-state index is 12.8. The van der Waals surface area contributed by atoms with Crippen molar-refractivity contribution in [1.82, 2.24) is 0 Å². The van der Waals surface area contributed by atoms with Crippen LogP contribution in [0.2, 0.25) is 0 Å². The largest absolute Gasteiger partial charge is 0.494 e. The fourth-order valence-corrected chi connectivity index (χ4v) is 6.09. The molecule has 0 saturated heterocycles. The van der Waals surface area contributed by atoms with Gasteiger partial charge in [-0.3, -0.25) is 20.2 Å². The second-order valence-electron chi connectivity index (χ2n) is 15.0. The average Bonchev–Trinajstić information content (AvgIpc) is 3.33. The van der Waals surface area contributed by atoms with Gasteiger partial charge in [-0.15, -0.1) is 0 Å². The normalized spacial score (nSPS) is 11.6. The predicted octanol–water partition coefficient (Wildman–Crippen LogP) is 11.0. The van der Waals surface area contributed by atoms with Crippen molar-refractivity contribution < 1.29 is 83.8 Å². The van der Waals surface area contributed by atoms with Crippen molar-refractivity contribution in [2.75, 3.05) is 26.4 Å². The number of nitro benzene ring substituents is 2. The van der Waals surface area contributed by atoms with Crippen molar-refractivity contribution in [1.29, 1.82) is 0 Å². The van der Waals surface area contributed by atoms with Crippen molar-refractivity contribution in [3.8, 4) is 23.0 Å². The van der Waals surface area contributed by atoms with Crippen LogP contribution in [0.5, 0.6) is 23.0 Å². The molecule has 372 valence electrons. The van der Waals surface area contributed by atoms with E-state index in [0.29, 0.717) is 17.2 Å². The number of esters is 4. The number of ether oxygens (including phenoxy) is 6. The summed E-state index contributed by atoms with van der Waals surface area (Å²) >= 11 is 0. The first kappa shape index (κ1) is 53.4. The topological polar surface area (TPSA) is 210 Å². The van der Waals surface area contributed by atoms with E-state index in [2.05, 4.69) is 0 Å². The number of alkyl halides is 6. The Morgan fingerprint density at radius 2 is 0.930 bits per heavy atom. The Bertz CT molecular complexity index is 2560. The van der Waals surface area contributed by atoms with E-state index in [1.165, 1.54) is 109 Å². The van der Waals surface area contributed by atoms with Crippen LogP contribution in [0.1, 0.15) is 69.0 Å². The Morgan fingerprint density at radius 1 is 0.535 bits per heavy atom. The summed E-state index contributed by atoms with van der Waals surface area (Å²) in [5.41, 5.74) is -0.255. The van der Waals surface area contributed by atoms with Crippen LogP contribution in [0.15, 0.2) is 127 Å². The van der Waals surface area contributed by atoms with Crippen LogP contribution < -0.4 is 18.9 Å². The standard InChI is InChI=1S/C49H40F6N2O14/c50-48(51,52)25-1-27-66-38-18-9-34(10-19-38)46(60)70-40-14-3-32(4-15-40)7-23-44(58)68-30-36(42-22-13-37(56(62)63)29-43(42)57(64)65)31-69-45(59)24-8-33-5-16-41(17-6-33)71-47(61)35-11-20-39(21-12-35)67-28-2-26-49(53,54)55/h3-24,29,36H,1-2,25-28,30-31H2/b23-7+,24-8+. The minimum absolute atomic E-state index is 0.136. The van der Waals surface area contributed by atoms with Gasteiger partial charge in [0.15, 0.2) is 0 Å². The zero-order chi connectivity index (χ0) is 51.6. The van der Waals surface area contributed by atoms with Gasteiger partial charge in [-0.05, 0) is 115 Å². The van der Waals surface area contributed by atoms with Gasteiger partial charge in [0.1, 0.15) is 36.2 Å². The molecule has 5 rings (SSSR count). The van der Waals surface area contributed by atoms with Crippen LogP contribution in [0.4, 0.5) is 37.7 Å². The average molecular weight is 995 g/mol. The van der Waals surface area contributed by atoms with E-state index >= 15 is 0 Å². The molecule has 16 nitrogen and oxygen atoms in total. The third kappa shape index (κ3) is 18.5. The molecule has 5 aromatic rings. The first-order valence-electron chi connectivity index (χ1n) is 21.1. The number of carbonyl (C=O) groups is 4. The first-order valence-corrected chi connectivity index (χ1v) is 21.1. The third-order valence-corrected chi connectivity index (χ3v) is 9.65. The number of non-ortho nitro benzene ring substituents is 1. The summed E-state index contributed by atoms with van der Waals surface area (Å²) in [6.45, 7) is -1.49. The second-order valence-corrected chi connectivity index (χ2v) is 15.0. The molecular weight excluding hydrogens is 955 g/mol. The molecule has 0 spiro atoms. The van der Waals surface area contributed by atoms with E-state index in [4.69, 9.17) is 28.4 Å². The maximum Gasteiger partial charge on any atom is 0.389 e. The lowest BCUT2D eigenvalue weighted by Crippen LogP contribution is -2.19. The number of rotatable bonds is 23. The number of hydrogen-bond acceptors (Lipinski definition) is 14. The van der Waals surface area contributed by atoms with Gasteiger partial charge in [0.05, 0.1) is 46.2 Å². The molecule has 0 aromatic heterocycles. The molecule has 0 amide bonds. The minimum atomic E-state index is -4.29. The van der Waals surface area contributed by atoms with Crippen LogP contribution in [-0.4, -0.2) is 72.5 Å². The summed E-state index contributed by atoms with van der Waals surface area (Å²) < 4.78 is 106. The maximum atomic E-state index is 12.8. The molecule has 0 aliphatic rings. The summed E-state index contributed by atoms with van der Waals surface area (Å²) in [5.74, 6) is -3.70. The third-order valence-electron chi connectivity index (χ3n) is 9.65. The number of nitro groups is 2. The van der Waals surface area contributed by atoms with Crippen LogP contribution >= 0.6 is 0 Å². The zero-order valence-electron chi connectivity index (χ0n) is 36.9. The molecule has 0 unspecified atom stereocenters. The fraction of sp³-hybridized carbons (Fsp3) is 0.224. The van der Waals surface area contributed by atoms with Crippen molar-refractivity contribution in [3.63, 3.8) is 0 Å². The highest BCUT2D eigenvalue weighted by Gasteiger charge is 2.29. The lowest BCUT2D eigenvalue weighted by molar-refractivity contribution is -0.394. The number of benzene rings is 5.